The van der Waals surface area contributed by atoms with Crippen LogP contribution in [0.3, 0.4) is 0 Å². The summed E-state index contributed by atoms with van der Waals surface area (Å²) in [5.74, 6) is -0.359. The van der Waals surface area contributed by atoms with Gasteiger partial charge in [-0.25, -0.2) is 4.79 Å². The summed E-state index contributed by atoms with van der Waals surface area (Å²) in [4.78, 5) is 41.0. The predicted octanol–water partition coefficient (Wildman–Crippen LogP) is 4.74. The zero-order chi connectivity index (χ0) is 25.2. The van der Waals surface area contributed by atoms with E-state index in [-0.39, 0.29) is 17.7 Å². The Kier molecular flexibility index (Phi) is 11.4. The third-order valence-electron chi connectivity index (χ3n) is 5.07. The molecule has 3 amide bonds. The third kappa shape index (κ3) is 9.84. The molecule has 0 spiro atoms. The van der Waals surface area contributed by atoms with Crippen LogP contribution in [0.4, 0.5) is 4.79 Å². The van der Waals surface area contributed by atoms with Crippen LogP contribution in [-0.2, 0) is 14.3 Å². The van der Waals surface area contributed by atoms with Crippen molar-refractivity contribution in [1.82, 2.24) is 15.5 Å². The maximum absolute atomic E-state index is 13.7. The summed E-state index contributed by atoms with van der Waals surface area (Å²) in [7, 11) is 0. The number of nitrogens with zero attached hydrogens (tertiary/aromatic N) is 1. The molecule has 33 heavy (non-hydrogen) atoms. The van der Waals surface area contributed by atoms with Crippen molar-refractivity contribution in [3.05, 3.63) is 35.4 Å². The number of ether oxygens (including phenoxy) is 1. The number of carbonyl (C=O) groups is 3. The molecular formula is C26H43N3O4. The van der Waals surface area contributed by atoms with Gasteiger partial charge >= 0.3 is 6.09 Å². The lowest BCUT2D eigenvalue weighted by molar-refractivity contribution is -0.142. The first-order valence-electron chi connectivity index (χ1n) is 12.0. The van der Waals surface area contributed by atoms with Crippen molar-refractivity contribution >= 4 is 17.9 Å². The van der Waals surface area contributed by atoms with E-state index in [1.165, 1.54) is 0 Å². The number of carbonyl (C=O) groups excluding carboxylic acids is 3. The van der Waals surface area contributed by atoms with Crippen molar-refractivity contribution in [2.24, 2.45) is 5.92 Å². The average molecular weight is 462 g/mol. The van der Waals surface area contributed by atoms with Crippen molar-refractivity contribution in [2.75, 3.05) is 13.1 Å². The molecule has 0 aliphatic carbocycles. The molecule has 7 heteroatoms. The lowest BCUT2D eigenvalue weighted by Gasteiger charge is -2.34. The molecule has 0 aliphatic rings. The number of aryl methyl sites for hydroxylation is 1. The van der Waals surface area contributed by atoms with Crippen molar-refractivity contribution in [2.45, 2.75) is 92.3 Å². The number of benzene rings is 1. The zero-order valence-electron chi connectivity index (χ0n) is 21.7. The number of hydrogen-bond donors (Lipinski definition) is 2. The van der Waals surface area contributed by atoms with E-state index in [1.54, 1.807) is 25.7 Å². The first kappa shape index (κ1) is 28.5. The van der Waals surface area contributed by atoms with Crippen molar-refractivity contribution in [3.63, 3.8) is 0 Å². The van der Waals surface area contributed by atoms with Gasteiger partial charge in [0.1, 0.15) is 17.7 Å². The second kappa shape index (κ2) is 13.2. The number of unbranched alkanes of at least 4 members (excludes halogenated alkanes) is 1. The average Bonchev–Trinajstić information content (AvgIpc) is 2.69. The van der Waals surface area contributed by atoms with Gasteiger partial charge < -0.3 is 20.3 Å². The van der Waals surface area contributed by atoms with E-state index >= 15 is 0 Å². The molecule has 1 aromatic carbocycles. The van der Waals surface area contributed by atoms with E-state index in [4.69, 9.17) is 4.74 Å². The molecule has 0 radical (unpaired) electrons. The van der Waals surface area contributed by atoms with E-state index in [1.807, 2.05) is 52.0 Å². The van der Waals surface area contributed by atoms with Gasteiger partial charge in [-0.2, -0.15) is 0 Å². The van der Waals surface area contributed by atoms with E-state index in [2.05, 4.69) is 17.6 Å². The van der Waals surface area contributed by atoms with Crippen molar-refractivity contribution in [3.8, 4) is 0 Å². The summed E-state index contributed by atoms with van der Waals surface area (Å²) in [5.41, 5.74) is 1.08. The fourth-order valence-electron chi connectivity index (χ4n) is 3.61. The Morgan fingerprint density at radius 3 is 2.30 bits per heavy atom. The molecule has 186 valence electrons. The fourth-order valence-corrected chi connectivity index (χ4v) is 3.61. The molecule has 2 N–H and O–H groups in total. The molecule has 2 unspecified atom stereocenters. The molecule has 2 atom stereocenters. The molecule has 0 aliphatic heterocycles. The Morgan fingerprint density at radius 1 is 1.12 bits per heavy atom. The normalized spacial score (nSPS) is 13.2. The Hall–Kier alpha value is -2.57. The van der Waals surface area contributed by atoms with Gasteiger partial charge in [0, 0.05) is 13.1 Å². The van der Waals surface area contributed by atoms with Gasteiger partial charge in [0.25, 0.3) is 0 Å². The van der Waals surface area contributed by atoms with E-state index in [0.29, 0.717) is 19.5 Å². The largest absolute Gasteiger partial charge is 0.444 e. The molecule has 0 heterocycles. The standard InChI is InChI=1S/C26H43N3O4/c1-9-11-15-27-23(30)22(20-14-12-13-19(5)17-20)29(10-2)24(31)21(16-18(3)4)28-25(32)33-26(6,7)8/h12-14,17-18,21-22H,9-11,15-16H2,1-8H3,(H,27,30)(H,28,32). The highest BCUT2D eigenvalue weighted by Gasteiger charge is 2.35. The molecule has 1 rings (SSSR count). The summed E-state index contributed by atoms with van der Waals surface area (Å²) >= 11 is 0. The number of likely N-dealkylation sites (N-methyl/N-ethyl adjacent to an activating group) is 1. The molecule has 0 fully saturated rings. The Bertz CT molecular complexity index is 786. The fraction of sp³-hybridized carbons (Fsp3) is 0.654. The van der Waals surface area contributed by atoms with Crippen LogP contribution in [0.2, 0.25) is 0 Å². The first-order valence-corrected chi connectivity index (χ1v) is 12.0. The van der Waals surface area contributed by atoms with Crippen LogP contribution in [0, 0.1) is 12.8 Å². The summed E-state index contributed by atoms with van der Waals surface area (Å²) in [6.45, 7) is 16.0. The lowest BCUT2D eigenvalue weighted by Crippen LogP contribution is -2.53. The SMILES string of the molecule is CCCCNC(=O)C(c1cccc(C)c1)N(CC)C(=O)C(CC(C)C)NC(=O)OC(C)(C)C. The summed E-state index contributed by atoms with van der Waals surface area (Å²) < 4.78 is 5.39. The monoisotopic (exact) mass is 461 g/mol. The van der Waals surface area contributed by atoms with Crippen LogP contribution < -0.4 is 10.6 Å². The Labute approximate surface area is 199 Å². The minimum atomic E-state index is -0.796. The van der Waals surface area contributed by atoms with Crippen LogP contribution in [0.15, 0.2) is 24.3 Å². The van der Waals surface area contributed by atoms with Crippen LogP contribution in [0.5, 0.6) is 0 Å². The van der Waals surface area contributed by atoms with Crippen LogP contribution >= 0.6 is 0 Å². The smallest absolute Gasteiger partial charge is 0.408 e. The lowest BCUT2D eigenvalue weighted by atomic mass is 9.98. The van der Waals surface area contributed by atoms with Crippen molar-refractivity contribution in [1.29, 1.82) is 0 Å². The molecule has 0 aromatic heterocycles. The Balaban J connectivity index is 3.29. The highest BCUT2D eigenvalue weighted by atomic mass is 16.6. The number of nitrogens with one attached hydrogen (secondary N) is 2. The molecular weight excluding hydrogens is 418 g/mol. The van der Waals surface area contributed by atoms with E-state index in [0.717, 1.165) is 24.0 Å². The number of rotatable bonds is 11. The van der Waals surface area contributed by atoms with Crippen LogP contribution in [-0.4, -0.2) is 47.5 Å². The van der Waals surface area contributed by atoms with Gasteiger partial charge in [-0.05, 0) is 58.9 Å². The minimum Gasteiger partial charge on any atom is -0.444 e. The molecule has 0 saturated heterocycles. The third-order valence-corrected chi connectivity index (χ3v) is 5.07. The van der Waals surface area contributed by atoms with Crippen molar-refractivity contribution < 1.29 is 19.1 Å². The number of amides is 3. The highest BCUT2D eigenvalue weighted by molar-refractivity contribution is 5.92. The van der Waals surface area contributed by atoms with Gasteiger partial charge in [0.2, 0.25) is 11.8 Å². The zero-order valence-corrected chi connectivity index (χ0v) is 21.7. The second-order valence-corrected chi connectivity index (χ2v) is 9.91. The molecule has 0 bridgehead atoms. The van der Waals surface area contributed by atoms with Gasteiger partial charge in [0.05, 0.1) is 0 Å². The highest BCUT2D eigenvalue weighted by Crippen LogP contribution is 2.24. The minimum absolute atomic E-state index is 0.156. The topological polar surface area (TPSA) is 87.7 Å². The second-order valence-electron chi connectivity index (χ2n) is 9.91. The summed E-state index contributed by atoms with van der Waals surface area (Å²) in [6.07, 6.45) is 1.62. The van der Waals surface area contributed by atoms with Gasteiger partial charge in [-0.1, -0.05) is 57.0 Å². The maximum atomic E-state index is 13.7. The summed E-state index contributed by atoms with van der Waals surface area (Å²) in [5, 5.41) is 5.72. The summed E-state index contributed by atoms with van der Waals surface area (Å²) in [6, 6.07) is 6.06. The van der Waals surface area contributed by atoms with E-state index in [9.17, 15) is 14.4 Å². The number of hydrogen-bond acceptors (Lipinski definition) is 4. The first-order chi connectivity index (χ1) is 15.4. The van der Waals surface area contributed by atoms with Gasteiger partial charge in [0.15, 0.2) is 0 Å². The van der Waals surface area contributed by atoms with Crippen LogP contribution in [0.25, 0.3) is 0 Å². The molecule has 0 saturated carbocycles. The predicted molar refractivity (Wildman–Crippen MR) is 132 cm³/mol. The van der Waals surface area contributed by atoms with E-state index < -0.39 is 23.8 Å². The van der Waals surface area contributed by atoms with Crippen LogP contribution in [0.1, 0.15) is 84.9 Å². The maximum Gasteiger partial charge on any atom is 0.408 e. The quantitative estimate of drug-likeness (QED) is 0.466. The Morgan fingerprint density at radius 2 is 1.79 bits per heavy atom. The molecule has 1 aromatic rings. The van der Waals surface area contributed by atoms with Gasteiger partial charge in [-0.15, -0.1) is 0 Å². The molecule has 7 nitrogen and oxygen atoms in total. The van der Waals surface area contributed by atoms with Gasteiger partial charge in [-0.3, -0.25) is 9.59 Å². The number of alkyl carbamates (subject to hydrolysis) is 1.